The number of para-hydroxylation sites is 1. The Labute approximate surface area is 166 Å². The number of rotatable bonds is 5. The molecule has 0 saturated carbocycles. The second-order valence-corrected chi connectivity index (χ2v) is 7.40. The van der Waals surface area contributed by atoms with Gasteiger partial charge in [0.05, 0.1) is 12.1 Å². The number of halogens is 1. The van der Waals surface area contributed by atoms with Crippen LogP contribution in [0.3, 0.4) is 0 Å². The van der Waals surface area contributed by atoms with Crippen LogP contribution in [0.25, 0.3) is 0 Å². The summed E-state index contributed by atoms with van der Waals surface area (Å²) in [5.41, 5.74) is 6.11. The van der Waals surface area contributed by atoms with Crippen molar-refractivity contribution in [3.05, 3.63) is 59.9 Å². The Hall–Kier alpha value is -2.87. The van der Waals surface area contributed by atoms with E-state index >= 15 is 0 Å². The highest BCUT2D eigenvalue weighted by Crippen LogP contribution is 2.34. The van der Waals surface area contributed by atoms with Crippen molar-refractivity contribution in [2.75, 3.05) is 17.2 Å². The molecule has 0 aliphatic carbocycles. The Bertz CT molecular complexity index is 873. The lowest BCUT2D eigenvalue weighted by Crippen LogP contribution is -2.43. The third-order valence-electron chi connectivity index (χ3n) is 4.21. The van der Waals surface area contributed by atoms with Crippen LogP contribution in [0.2, 0.25) is 0 Å². The standard InChI is InChI=1S/C20H20FN3O3S/c21-15-7-5-14(6-8-15)13-19(26)23-22-18(25)9-10-20(27)24-11-12-28-17-4-2-1-3-16(17)24/h1-8H,9-13H2,(H,22,25)(H,23,26). The van der Waals surface area contributed by atoms with E-state index in [2.05, 4.69) is 10.9 Å². The number of fused-ring (bicyclic) bond motifs is 1. The molecule has 0 atom stereocenters. The van der Waals surface area contributed by atoms with Crippen LogP contribution in [0.5, 0.6) is 0 Å². The van der Waals surface area contributed by atoms with Gasteiger partial charge in [-0.25, -0.2) is 4.39 Å². The molecule has 2 aromatic carbocycles. The number of hydrogen-bond acceptors (Lipinski definition) is 4. The van der Waals surface area contributed by atoms with E-state index in [-0.39, 0.29) is 31.0 Å². The summed E-state index contributed by atoms with van der Waals surface area (Å²) >= 11 is 1.71. The maximum absolute atomic E-state index is 12.9. The zero-order valence-corrected chi connectivity index (χ0v) is 15.9. The van der Waals surface area contributed by atoms with Crippen molar-refractivity contribution in [1.29, 1.82) is 0 Å². The zero-order chi connectivity index (χ0) is 19.9. The van der Waals surface area contributed by atoms with Crippen molar-refractivity contribution in [2.24, 2.45) is 0 Å². The predicted molar refractivity (Wildman–Crippen MR) is 105 cm³/mol. The number of thioether (sulfide) groups is 1. The molecule has 6 nitrogen and oxygen atoms in total. The number of hydrogen-bond donors (Lipinski definition) is 2. The van der Waals surface area contributed by atoms with Gasteiger partial charge in [0.25, 0.3) is 0 Å². The minimum absolute atomic E-state index is 0.0156. The summed E-state index contributed by atoms with van der Waals surface area (Å²) in [4.78, 5) is 39.0. The number of benzene rings is 2. The van der Waals surface area contributed by atoms with Gasteiger partial charge in [-0.15, -0.1) is 11.8 Å². The van der Waals surface area contributed by atoms with Crippen LogP contribution >= 0.6 is 11.8 Å². The van der Waals surface area contributed by atoms with Crippen LogP contribution in [0.15, 0.2) is 53.4 Å². The Morgan fingerprint density at radius 2 is 1.68 bits per heavy atom. The van der Waals surface area contributed by atoms with Crippen LogP contribution in [-0.4, -0.2) is 30.0 Å². The first-order chi connectivity index (χ1) is 13.5. The molecule has 1 heterocycles. The van der Waals surface area contributed by atoms with Crippen LogP contribution in [0.4, 0.5) is 10.1 Å². The van der Waals surface area contributed by atoms with Gasteiger partial charge in [-0.1, -0.05) is 24.3 Å². The Morgan fingerprint density at radius 1 is 0.964 bits per heavy atom. The molecule has 3 amide bonds. The SMILES string of the molecule is O=C(CCC(=O)N1CCSc2ccccc21)NNC(=O)Cc1ccc(F)cc1. The second kappa shape index (κ2) is 9.36. The third-order valence-corrected chi connectivity index (χ3v) is 5.26. The summed E-state index contributed by atoms with van der Waals surface area (Å²) < 4.78 is 12.9. The summed E-state index contributed by atoms with van der Waals surface area (Å²) in [6.07, 6.45) is 0.0435. The van der Waals surface area contributed by atoms with Crippen molar-refractivity contribution in [3.63, 3.8) is 0 Å². The van der Waals surface area contributed by atoms with Crippen molar-refractivity contribution in [2.45, 2.75) is 24.2 Å². The Balaban J connectivity index is 1.42. The molecule has 0 fully saturated rings. The molecule has 3 rings (SSSR count). The van der Waals surface area contributed by atoms with Gasteiger partial charge in [0.2, 0.25) is 17.7 Å². The average molecular weight is 401 g/mol. The summed E-state index contributed by atoms with van der Waals surface area (Å²) in [6, 6.07) is 13.2. The summed E-state index contributed by atoms with van der Waals surface area (Å²) in [6.45, 7) is 0.608. The maximum atomic E-state index is 12.9. The zero-order valence-electron chi connectivity index (χ0n) is 15.1. The van der Waals surface area contributed by atoms with E-state index in [1.54, 1.807) is 16.7 Å². The van der Waals surface area contributed by atoms with Gasteiger partial charge in [-0.2, -0.15) is 0 Å². The van der Waals surface area contributed by atoms with Crippen molar-refractivity contribution < 1.29 is 18.8 Å². The molecule has 0 spiro atoms. The Morgan fingerprint density at radius 3 is 2.46 bits per heavy atom. The van der Waals surface area contributed by atoms with Crippen molar-refractivity contribution in [3.8, 4) is 0 Å². The van der Waals surface area contributed by atoms with Crippen LogP contribution in [0.1, 0.15) is 18.4 Å². The summed E-state index contributed by atoms with van der Waals surface area (Å²) in [5, 5.41) is 0. The Kier molecular flexibility index (Phi) is 6.65. The number of carbonyl (C=O) groups excluding carboxylic acids is 3. The molecule has 0 saturated heterocycles. The maximum Gasteiger partial charge on any atom is 0.242 e. The van der Waals surface area contributed by atoms with E-state index in [0.717, 1.165) is 16.3 Å². The largest absolute Gasteiger partial charge is 0.310 e. The number of carbonyl (C=O) groups is 3. The number of nitrogens with one attached hydrogen (secondary N) is 2. The fourth-order valence-corrected chi connectivity index (χ4v) is 3.81. The highest BCUT2D eigenvalue weighted by atomic mass is 32.2. The van der Waals surface area contributed by atoms with Gasteiger partial charge in [0.15, 0.2) is 0 Å². The lowest BCUT2D eigenvalue weighted by Gasteiger charge is -2.29. The molecule has 146 valence electrons. The minimum atomic E-state index is -0.444. The molecule has 2 N–H and O–H groups in total. The first-order valence-corrected chi connectivity index (χ1v) is 9.86. The van der Waals surface area contributed by atoms with Crippen molar-refractivity contribution >= 4 is 35.2 Å². The van der Waals surface area contributed by atoms with E-state index in [1.165, 1.54) is 24.3 Å². The van der Waals surface area contributed by atoms with Crippen LogP contribution < -0.4 is 15.8 Å². The number of nitrogens with zero attached hydrogens (tertiary/aromatic N) is 1. The fourth-order valence-electron chi connectivity index (χ4n) is 2.82. The topological polar surface area (TPSA) is 78.5 Å². The highest BCUT2D eigenvalue weighted by molar-refractivity contribution is 7.99. The number of hydrazine groups is 1. The van der Waals surface area contributed by atoms with Gasteiger partial charge in [-0.3, -0.25) is 25.2 Å². The van der Waals surface area contributed by atoms with Gasteiger partial charge < -0.3 is 4.90 Å². The molecule has 28 heavy (non-hydrogen) atoms. The van der Waals surface area contributed by atoms with Crippen LogP contribution in [0, 0.1) is 5.82 Å². The smallest absolute Gasteiger partial charge is 0.242 e. The molecule has 1 aliphatic heterocycles. The van der Waals surface area contributed by atoms with E-state index in [9.17, 15) is 18.8 Å². The number of amides is 3. The molecule has 0 radical (unpaired) electrons. The predicted octanol–water partition coefficient (Wildman–Crippen LogP) is 2.43. The van der Waals surface area contributed by atoms with Gasteiger partial charge in [0.1, 0.15) is 5.82 Å². The van der Waals surface area contributed by atoms with E-state index < -0.39 is 11.8 Å². The first kappa shape index (κ1) is 19.9. The monoisotopic (exact) mass is 401 g/mol. The van der Waals surface area contributed by atoms with Crippen molar-refractivity contribution in [1.82, 2.24) is 10.9 Å². The second-order valence-electron chi connectivity index (χ2n) is 6.26. The lowest BCUT2D eigenvalue weighted by molar-refractivity contribution is -0.129. The van der Waals surface area contributed by atoms with Gasteiger partial charge in [0, 0.05) is 30.0 Å². The van der Waals surface area contributed by atoms with Gasteiger partial charge >= 0.3 is 0 Å². The molecule has 1 aliphatic rings. The minimum Gasteiger partial charge on any atom is -0.310 e. The fraction of sp³-hybridized carbons (Fsp3) is 0.250. The van der Waals surface area contributed by atoms with E-state index in [4.69, 9.17) is 0 Å². The highest BCUT2D eigenvalue weighted by Gasteiger charge is 2.22. The van der Waals surface area contributed by atoms with E-state index in [1.807, 2.05) is 24.3 Å². The average Bonchev–Trinajstić information content (AvgIpc) is 2.71. The van der Waals surface area contributed by atoms with Crippen LogP contribution in [-0.2, 0) is 20.8 Å². The molecule has 8 heteroatoms. The molecule has 0 unspecified atom stereocenters. The summed E-state index contributed by atoms with van der Waals surface area (Å²) in [7, 11) is 0. The third kappa shape index (κ3) is 5.32. The summed E-state index contributed by atoms with van der Waals surface area (Å²) in [5.74, 6) is -0.555. The lowest BCUT2D eigenvalue weighted by atomic mass is 10.1. The molecule has 2 aromatic rings. The van der Waals surface area contributed by atoms with E-state index in [0.29, 0.717) is 12.1 Å². The molecular weight excluding hydrogens is 381 g/mol. The first-order valence-electron chi connectivity index (χ1n) is 8.87. The quantitative estimate of drug-likeness (QED) is 0.755. The normalized spacial score (nSPS) is 12.8. The molecule has 0 aromatic heterocycles. The van der Waals surface area contributed by atoms with Gasteiger partial charge in [-0.05, 0) is 29.8 Å². The molecular formula is C20H20FN3O3S. The number of anilines is 1. The molecule has 0 bridgehead atoms.